The third-order valence-corrected chi connectivity index (χ3v) is 2.70. The summed E-state index contributed by atoms with van der Waals surface area (Å²) in [4.78, 5) is 23.4. The molecule has 0 spiro atoms. The van der Waals surface area contributed by atoms with Crippen LogP contribution in [0.2, 0.25) is 0 Å². The Balaban J connectivity index is 2.65. The minimum absolute atomic E-state index is 0.0594. The highest BCUT2D eigenvalue weighted by molar-refractivity contribution is 6.01. The Kier molecular flexibility index (Phi) is 5.90. The molecule has 1 aromatic carbocycles. The molecule has 0 bridgehead atoms. The summed E-state index contributed by atoms with van der Waals surface area (Å²) in [5, 5.41) is 16.4. The largest absolute Gasteiger partial charge is 0.507 e. The fourth-order valence-corrected chi connectivity index (χ4v) is 1.69. The second-order valence-electron chi connectivity index (χ2n) is 5.16. The lowest BCUT2D eigenvalue weighted by Gasteiger charge is -2.08. The van der Waals surface area contributed by atoms with Crippen molar-refractivity contribution >= 4 is 17.5 Å². The second kappa shape index (κ2) is 7.42. The summed E-state index contributed by atoms with van der Waals surface area (Å²) in [6, 6.07) is 4.95. The summed E-state index contributed by atoms with van der Waals surface area (Å²) in [5.74, 6) is -0.737. The zero-order chi connectivity index (χ0) is 16.0. The first-order valence-electron chi connectivity index (χ1n) is 6.72. The van der Waals surface area contributed by atoms with Crippen molar-refractivity contribution in [1.82, 2.24) is 10.7 Å². The monoisotopic (exact) mass is 291 g/mol. The van der Waals surface area contributed by atoms with Gasteiger partial charge in [0.1, 0.15) is 5.75 Å². The number of benzene rings is 1. The molecule has 2 amide bonds. The number of rotatable bonds is 5. The third-order valence-electron chi connectivity index (χ3n) is 2.70. The lowest BCUT2D eigenvalue weighted by Crippen LogP contribution is -2.31. The molecule has 1 aromatic rings. The molecular formula is C15H21N3O3. The number of aromatic hydroxyl groups is 1. The fourth-order valence-electron chi connectivity index (χ4n) is 1.69. The van der Waals surface area contributed by atoms with Crippen molar-refractivity contribution < 1.29 is 14.7 Å². The average Bonchev–Trinajstić information content (AvgIpc) is 2.38. The van der Waals surface area contributed by atoms with Gasteiger partial charge in [-0.15, -0.1) is 0 Å². The van der Waals surface area contributed by atoms with Crippen molar-refractivity contribution in [3.63, 3.8) is 0 Å². The van der Waals surface area contributed by atoms with E-state index in [0.29, 0.717) is 11.3 Å². The van der Waals surface area contributed by atoms with Crippen LogP contribution in [0, 0.1) is 6.92 Å². The van der Waals surface area contributed by atoms with Crippen LogP contribution in [-0.4, -0.2) is 28.7 Å². The van der Waals surface area contributed by atoms with E-state index in [9.17, 15) is 14.7 Å². The number of hydrazone groups is 1. The molecule has 6 heteroatoms. The Labute approximate surface area is 124 Å². The first-order valence-corrected chi connectivity index (χ1v) is 6.72. The molecule has 21 heavy (non-hydrogen) atoms. The van der Waals surface area contributed by atoms with Gasteiger partial charge in [0.05, 0.1) is 12.0 Å². The van der Waals surface area contributed by atoms with Gasteiger partial charge >= 0.3 is 0 Å². The van der Waals surface area contributed by atoms with Gasteiger partial charge in [-0.05, 0) is 39.3 Å². The van der Waals surface area contributed by atoms with E-state index >= 15 is 0 Å². The number of carbonyl (C=O) groups is 2. The molecule has 0 atom stereocenters. The molecule has 0 heterocycles. The van der Waals surface area contributed by atoms with Crippen molar-refractivity contribution in [2.45, 2.75) is 40.2 Å². The number of para-hydroxylation sites is 1. The smallest absolute Gasteiger partial charge is 0.275 e. The van der Waals surface area contributed by atoms with E-state index in [0.717, 1.165) is 0 Å². The molecule has 3 N–H and O–H groups in total. The fraction of sp³-hybridized carbons (Fsp3) is 0.400. The van der Waals surface area contributed by atoms with Crippen LogP contribution in [0.4, 0.5) is 0 Å². The maximum absolute atomic E-state index is 11.9. The van der Waals surface area contributed by atoms with E-state index in [1.807, 2.05) is 13.8 Å². The van der Waals surface area contributed by atoms with Crippen LogP contribution in [-0.2, 0) is 4.79 Å². The van der Waals surface area contributed by atoms with Crippen LogP contribution in [0.15, 0.2) is 23.3 Å². The van der Waals surface area contributed by atoms with Gasteiger partial charge in [0.15, 0.2) is 0 Å². The normalized spacial score (nSPS) is 11.4. The highest BCUT2D eigenvalue weighted by Gasteiger charge is 2.12. The van der Waals surface area contributed by atoms with E-state index < -0.39 is 5.91 Å². The van der Waals surface area contributed by atoms with Crippen molar-refractivity contribution in [3.05, 3.63) is 29.3 Å². The van der Waals surface area contributed by atoms with Crippen molar-refractivity contribution in [2.75, 3.05) is 0 Å². The number of hydrogen-bond donors (Lipinski definition) is 3. The lowest BCUT2D eigenvalue weighted by atomic mass is 10.1. The van der Waals surface area contributed by atoms with Crippen LogP contribution < -0.4 is 10.7 Å². The highest BCUT2D eigenvalue weighted by Crippen LogP contribution is 2.20. The highest BCUT2D eigenvalue weighted by atomic mass is 16.3. The number of amides is 2. The van der Waals surface area contributed by atoms with E-state index in [4.69, 9.17) is 0 Å². The maximum atomic E-state index is 11.9. The Morgan fingerprint density at radius 2 is 2.00 bits per heavy atom. The number of phenolic OH excluding ortho intramolecular Hbond substituents is 1. The molecule has 0 aromatic heterocycles. The van der Waals surface area contributed by atoms with Gasteiger partial charge in [-0.1, -0.05) is 12.1 Å². The van der Waals surface area contributed by atoms with Crippen molar-refractivity contribution in [3.8, 4) is 5.75 Å². The average molecular weight is 291 g/mol. The minimum Gasteiger partial charge on any atom is -0.507 e. The van der Waals surface area contributed by atoms with Crippen LogP contribution in [0.3, 0.4) is 0 Å². The predicted octanol–water partition coefficient (Wildman–Crippen LogP) is 1.72. The molecule has 0 unspecified atom stereocenters. The number of carbonyl (C=O) groups excluding carboxylic acids is 2. The summed E-state index contributed by atoms with van der Waals surface area (Å²) >= 11 is 0. The number of phenols is 1. The van der Waals surface area contributed by atoms with E-state index in [2.05, 4.69) is 15.8 Å². The van der Waals surface area contributed by atoms with Crippen LogP contribution in [0.25, 0.3) is 0 Å². The number of nitrogens with one attached hydrogen (secondary N) is 2. The van der Waals surface area contributed by atoms with Crippen molar-refractivity contribution in [2.24, 2.45) is 5.10 Å². The lowest BCUT2D eigenvalue weighted by molar-refractivity contribution is -0.120. The molecule has 0 aliphatic heterocycles. The van der Waals surface area contributed by atoms with Crippen LogP contribution in [0.5, 0.6) is 5.75 Å². The van der Waals surface area contributed by atoms with Gasteiger partial charge < -0.3 is 10.4 Å². The minimum atomic E-state index is -0.514. The van der Waals surface area contributed by atoms with Gasteiger partial charge in [0, 0.05) is 11.8 Å². The Hall–Kier alpha value is -2.37. The summed E-state index contributed by atoms with van der Waals surface area (Å²) in [6.45, 7) is 7.09. The molecular weight excluding hydrogens is 270 g/mol. The molecule has 114 valence electrons. The molecule has 6 nitrogen and oxygen atoms in total. The summed E-state index contributed by atoms with van der Waals surface area (Å²) in [5.41, 5.74) is 3.58. The number of aryl methyl sites for hydroxylation is 1. The van der Waals surface area contributed by atoms with Crippen molar-refractivity contribution in [1.29, 1.82) is 0 Å². The Morgan fingerprint density at radius 1 is 1.33 bits per heavy atom. The molecule has 0 saturated carbocycles. The van der Waals surface area contributed by atoms with Gasteiger partial charge in [-0.3, -0.25) is 9.59 Å². The Bertz CT molecular complexity index is 565. The number of nitrogens with zero attached hydrogens (tertiary/aromatic N) is 1. The summed E-state index contributed by atoms with van der Waals surface area (Å²) < 4.78 is 0. The Morgan fingerprint density at radius 3 is 2.62 bits per heavy atom. The topological polar surface area (TPSA) is 90.8 Å². The van der Waals surface area contributed by atoms with Crippen LogP contribution in [0.1, 0.15) is 43.1 Å². The zero-order valence-corrected chi connectivity index (χ0v) is 12.7. The quantitative estimate of drug-likeness (QED) is 0.570. The van der Waals surface area contributed by atoms with E-state index in [1.54, 1.807) is 26.0 Å². The third kappa shape index (κ3) is 5.25. The van der Waals surface area contributed by atoms with Gasteiger partial charge in [0.2, 0.25) is 5.91 Å². The van der Waals surface area contributed by atoms with E-state index in [1.165, 1.54) is 6.07 Å². The summed E-state index contributed by atoms with van der Waals surface area (Å²) in [6.07, 6.45) is 0.109. The molecule has 1 rings (SSSR count). The predicted molar refractivity (Wildman–Crippen MR) is 81.3 cm³/mol. The molecule has 0 radical (unpaired) electrons. The van der Waals surface area contributed by atoms with Gasteiger partial charge in [0.25, 0.3) is 5.91 Å². The standard InChI is InChI=1S/C15H21N3O3/c1-9(2)16-13(19)8-11(4)17-18-15(21)12-7-5-6-10(3)14(12)20/h5-7,9,20H,8H2,1-4H3,(H,16,19)(H,18,21)/b17-11+. The first-order chi connectivity index (χ1) is 9.81. The first kappa shape index (κ1) is 16.7. The number of hydrogen-bond acceptors (Lipinski definition) is 4. The SMILES string of the molecule is C/C(CC(=O)NC(C)C)=N\NC(=O)c1cccc(C)c1O. The molecule has 0 saturated heterocycles. The van der Waals surface area contributed by atoms with E-state index in [-0.39, 0.29) is 29.7 Å². The maximum Gasteiger partial charge on any atom is 0.275 e. The van der Waals surface area contributed by atoms with Gasteiger partial charge in [-0.25, -0.2) is 5.43 Å². The molecule has 0 fully saturated rings. The second-order valence-corrected chi connectivity index (χ2v) is 5.16. The molecule has 0 aliphatic carbocycles. The zero-order valence-electron chi connectivity index (χ0n) is 12.7. The van der Waals surface area contributed by atoms with Crippen LogP contribution >= 0.6 is 0 Å². The van der Waals surface area contributed by atoms with Gasteiger partial charge in [-0.2, -0.15) is 5.10 Å². The molecule has 0 aliphatic rings. The summed E-state index contributed by atoms with van der Waals surface area (Å²) in [7, 11) is 0.